The highest BCUT2D eigenvalue weighted by Crippen LogP contribution is 2.15. The zero-order valence-corrected chi connectivity index (χ0v) is 41.1. The molecule has 0 radical (unpaired) electrons. The van der Waals surface area contributed by atoms with E-state index in [1.165, 1.54) is 148 Å². The summed E-state index contributed by atoms with van der Waals surface area (Å²) in [6.45, 7) is 6.57. The highest BCUT2D eigenvalue weighted by Gasteiger charge is 2.19. The number of rotatable bonds is 48. The molecule has 0 amide bonds. The van der Waals surface area contributed by atoms with Crippen LogP contribution in [-0.4, -0.2) is 37.2 Å². The van der Waals surface area contributed by atoms with Crippen molar-refractivity contribution in [1.82, 2.24) is 0 Å². The van der Waals surface area contributed by atoms with Gasteiger partial charge in [-0.3, -0.25) is 14.4 Å². The molecular formula is C56H100O6. The highest BCUT2D eigenvalue weighted by atomic mass is 16.6. The topological polar surface area (TPSA) is 78.9 Å². The van der Waals surface area contributed by atoms with Crippen LogP contribution in [-0.2, 0) is 28.6 Å². The molecule has 6 heteroatoms. The second kappa shape index (κ2) is 51.0. The van der Waals surface area contributed by atoms with Gasteiger partial charge in [-0.2, -0.15) is 0 Å². The Morgan fingerprint density at radius 3 is 1.00 bits per heavy atom. The number of esters is 3. The van der Waals surface area contributed by atoms with E-state index in [-0.39, 0.29) is 31.1 Å². The van der Waals surface area contributed by atoms with Crippen molar-refractivity contribution in [1.29, 1.82) is 0 Å². The van der Waals surface area contributed by atoms with Crippen LogP contribution in [0.25, 0.3) is 0 Å². The fourth-order valence-electron chi connectivity index (χ4n) is 7.49. The summed E-state index contributed by atoms with van der Waals surface area (Å²) in [5, 5.41) is 0. The molecule has 0 aliphatic rings. The maximum absolute atomic E-state index is 12.8. The first kappa shape index (κ1) is 59.4. The summed E-state index contributed by atoms with van der Waals surface area (Å²) < 4.78 is 16.8. The van der Waals surface area contributed by atoms with Crippen molar-refractivity contribution >= 4 is 17.9 Å². The number of ether oxygens (including phenoxy) is 3. The summed E-state index contributed by atoms with van der Waals surface area (Å²) in [4.78, 5) is 38.0. The third-order valence-corrected chi connectivity index (χ3v) is 11.6. The fraction of sp³-hybridized carbons (Fsp3) is 0.804. The van der Waals surface area contributed by atoms with Crippen LogP contribution >= 0.6 is 0 Å². The van der Waals surface area contributed by atoms with Crippen LogP contribution in [0.1, 0.15) is 271 Å². The van der Waals surface area contributed by atoms with Gasteiger partial charge in [0.2, 0.25) is 0 Å². The molecule has 360 valence electrons. The Morgan fingerprint density at radius 2 is 0.597 bits per heavy atom. The zero-order valence-electron chi connectivity index (χ0n) is 41.1. The normalized spacial score (nSPS) is 12.4. The first-order valence-electron chi connectivity index (χ1n) is 26.6. The number of hydrogen-bond donors (Lipinski definition) is 0. The van der Waals surface area contributed by atoms with Gasteiger partial charge >= 0.3 is 17.9 Å². The predicted octanol–water partition coefficient (Wildman–Crippen LogP) is 17.5. The maximum atomic E-state index is 12.8. The van der Waals surface area contributed by atoms with Crippen molar-refractivity contribution in [2.24, 2.45) is 0 Å². The number of unbranched alkanes of at least 4 members (excludes halogenated alkanes) is 29. The lowest BCUT2D eigenvalue weighted by Crippen LogP contribution is -2.30. The van der Waals surface area contributed by atoms with E-state index in [0.29, 0.717) is 19.3 Å². The summed E-state index contributed by atoms with van der Waals surface area (Å²) in [5.41, 5.74) is 0. The molecule has 6 nitrogen and oxygen atoms in total. The number of carbonyl (C=O) groups excluding carboxylic acids is 3. The van der Waals surface area contributed by atoms with Gasteiger partial charge in [0.05, 0.1) is 0 Å². The standard InChI is InChI=1S/C56H100O6/c1-4-7-10-13-16-19-22-24-26-27-28-29-30-32-34-37-40-43-46-49-55(58)61-52-53(51-60-54(57)48-45-42-39-36-33-21-18-15-12-9-6-3)62-56(59)50-47-44-41-38-35-31-25-23-20-17-14-11-8-5-2/h15-16,18-19,24,26,28-29,53H,4-14,17,20-23,25,27,30-52H2,1-3H3/b18-15-,19-16-,26-24-,29-28-. The van der Waals surface area contributed by atoms with E-state index in [4.69, 9.17) is 14.2 Å². The van der Waals surface area contributed by atoms with E-state index >= 15 is 0 Å². The van der Waals surface area contributed by atoms with Gasteiger partial charge in [0.25, 0.3) is 0 Å². The molecule has 0 aromatic heterocycles. The van der Waals surface area contributed by atoms with E-state index in [2.05, 4.69) is 69.4 Å². The lowest BCUT2D eigenvalue weighted by molar-refractivity contribution is -0.167. The summed E-state index contributed by atoms with van der Waals surface area (Å²) in [5.74, 6) is -0.892. The van der Waals surface area contributed by atoms with Crippen LogP contribution in [0.4, 0.5) is 0 Å². The van der Waals surface area contributed by atoms with Gasteiger partial charge in [0.1, 0.15) is 13.2 Å². The molecule has 0 saturated heterocycles. The average molecular weight is 869 g/mol. The van der Waals surface area contributed by atoms with Crippen molar-refractivity contribution in [3.63, 3.8) is 0 Å². The van der Waals surface area contributed by atoms with Gasteiger partial charge in [0.15, 0.2) is 6.10 Å². The number of carbonyl (C=O) groups is 3. The molecule has 1 atom stereocenters. The van der Waals surface area contributed by atoms with E-state index in [0.717, 1.165) is 83.5 Å². The maximum Gasteiger partial charge on any atom is 0.306 e. The molecule has 0 aromatic rings. The third-order valence-electron chi connectivity index (χ3n) is 11.6. The molecule has 0 spiro atoms. The van der Waals surface area contributed by atoms with Crippen LogP contribution in [0.3, 0.4) is 0 Å². The van der Waals surface area contributed by atoms with Crippen molar-refractivity contribution in [2.75, 3.05) is 13.2 Å². The molecule has 1 unspecified atom stereocenters. The molecule has 0 aromatic carbocycles. The number of allylic oxidation sites excluding steroid dienone is 8. The van der Waals surface area contributed by atoms with Crippen molar-refractivity contribution in [3.8, 4) is 0 Å². The van der Waals surface area contributed by atoms with E-state index in [1.807, 2.05) is 0 Å². The summed E-state index contributed by atoms with van der Waals surface area (Å²) in [7, 11) is 0. The largest absolute Gasteiger partial charge is 0.462 e. The molecular weight excluding hydrogens is 769 g/mol. The lowest BCUT2D eigenvalue weighted by atomic mass is 10.0. The highest BCUT2D eigenvalue weighted by molar-refractivity contribution is 5.71. The smallest absolute Gasteiger partial charge is 0.306 e. The zero-order chi connectivity index (χ0) is 45.1. The van der Waals surface area contributed by atoms with E-state index < -0.39 is 6.10 Å². The van der Waals surface area contributed by atoms with Gasteiger partial charge in [-0.15, -0.1) is 0 Å². The molecule has 0 fully saturated rings. The van der Waals surface area contributed by atoms with Crippen molar-refractivity contribution < 1.29 is 28.6 Å². The van der Waals surface area contributed by atoms with Gasteiger partial charge in [0, 0.05) is 19.3 Å². The SMILES string of the molecule is CCCC/C=C\CCCCCCCC(=O)OCC(COC(=O)CCCCCCCC/C=C\C/C=C\C/C=C\CCCCC)OC(=O)CCCCCCCCCCCCCCCC. The molecule has 0 saturated carbocycles. The first-order chi connectivity index (χ1) is 30.5. The second-order valence-corrected chi connectivity index (χ2v) is 17.8. The average Bonchev–Trinajstić information content (AvgIpc) is 3.27. The molecule has 0 bridgehead atoms. The predicted molar refractivity (Wildman–Crippen MR) is 265 cm³/mol. The minimum Gasteiger partial charge on any atom is -0.462 e. The van der Waals surface area contributed by atoms with Crippen LogP contribution in [0.2, 0.25) is 0 Å². The van der Waals surface area contributed by atoms with Crippen LogP contribution < -0.4 is 0 Å². The van der Waals surface area contributed by atoms with E-state index in [1.54, 1.807) is 0 Å². The van der Waals surface area contributed by atoms with Gasteiger partial charge in [-0.25, -0.2) is 0 Å². The van der Waals surface area contributed by atoms with Gasteiger partial charge in [-0.1, -0.05) is 223 Å². The number of hydrogen-bond acceptors (Lipinski definition) is 6. The Balaban J connectivity index is 4.35. The lowest BCUT2D eigenvalue weighted by Gasteiger charge is -2.18. The van der Waals surface area contributed by atoms with Crippen LogP contribution in [0.15, 0.2) is 48.6 Å². The van der Waals surface area contributed by atoms with Crippen LogP contribution in [0, 0.1) is 0 Å². The Bertz CT molecular complexity index is 1090. The Morgan fingerprint density at radius 1 is 0.323 bits per heavy atom. The molecule has 0 aliphatic carbocycles. The van der Waals surface area contributed by atoms with Crippen LogP contribution in [0.5, 0.6) is 0 Å². The molecule has 0 aliphatic heterocycles. The summed E-state index contributed by atoms with van der Waals surface area (Å²) in [6, 6.07) is 0. The fourth-order valence-corrected chi connectivity index (χ4v) is 7.49. The monoisotopic (exact) mass is 869 g/mol. The van der Waals surface area contributed by atoms with Crippen molar-refractivity contribution in [2.45, 2.75) is 277 Å². The van der Waals surface area contributed by atoms with Gasteiger partial charge in [-0.05, 0) is 77.0 Å². The summed E-state index contributed by atoms with van der Waals surface area (Å²) in [6.07, 6.45) is 60.9. The second-order valence-electron chi connectivity index (χ2n) is 17.8. The van der Waals surface area contributed by atoms with Gasteiger partial charge < -0.3 is 14.2 Å². The minimum atomic E-state index is -0.778. The third kappa shape index (κ3) is 48.4. The quantitative estimate of drug-likeness (QED) is 0.0262. The molecule has 0 N–H and O–H groups in total. The molecule has 0 rings (SSSR count). The Kier molecular flexibility index (Phi) is 48.8. The minimum absolute atomic E-state index is 0.0797. The Hall–Kier alpha value is -2.63. The van der Waals surface area contributed by atoms with E-state index in [9.17, 15) is 14.4 Å². The first-order valence-corrected chi connectivity index (χ1v) is 26.6. The molecule has 62 heavy (non-hydrogen) atoms. The van der Waals surface area contributed by atoms with Crippen molar-refractivity contribution in [3.05, 3.63) is 48.6 Å². The summed E-state index contributed by atoms with van der Waals surface area (Å²) >= 11 is 0. The Labute approximate surface area is 384 Å². The molecule has 0 heterocycles.